The van der Waals surface area contributed by atoms with E-state index in [2.05, 4.69) is 40.1 Å². The number of hydrogen-bond acceptors (Lipinski definition) is 2. The van der Waals surface area contributed by atoms with Crippen molar-refractivity contribution in [2.75, 3.05) is 13.1 Å². The first-order valence-corrected chi connectivity index (χ1v) is 4.14. The van der Waals surface area contributed by atoms with Crippen LogP contribution in [0.15, 0.2) is 0 Å². The van der Waals surface area contributed by atoms with Crippen molar-refractivity contribution in [1.82, 2.24) is 10.6 Å². The Morgan fingerprint density at radius 1 is 1.50 bits per heavy atom. The fourth-order valence-corrected chi connectivity index (χ4v) is 1.78. The minimum atomic E-state index is 0.622. The van der Waals surface area contributed by atoms with Gasteiger partial charge in [-0.05, 0) is 6.92 Å². The smallest absolute Gasteiger partial charge is 0.0722 e. The van der Waals surface area contributed by atoms with E-state index in [1.54, 1.807) is 0 Å². The van der Waals surface area contributed by atoms with Gasteiger partial charge < -0.3 is 10.6 Å². The van der Waals surface area contributed by atoms with Crippen molar-refractivity contribution >= 4 is 22.6 Å². The van der Waals surface area contributed by atoms with E-state index in [1.165, 1.54) is 0 Å². The Hall–Kier alpha value is 0.650. The summed E-state index contributed by atoms with van der Waals surface area (Å²) in [6.07, 6.45) is 0. The van der Waals surface area contributed by atoms with Crippen LogP contribution in [0.4, 0.5) is 0 Å². The van der Waals surface area contributed by atoms with Gasteiger partial charge in [0.2, 0.25) is 0 Å². The first-order valence-electron chi connectivity index (χ1n) is 2.90. The van der Waals surface area contributed by atoms with Crippen LogP contribution in [-0.4, -0.2) is 23.2 Å². The van der Waals surface area contributed by atoms with E-state index in [9.17, 15) is 0 Å². The van der Waals surface area contributed by atoms with Crippen molar-refractivity contribution < 1.29 is 0 Å². The molecule has 0 aromatic rings. The minimum Gasteiger partial charge on any atom is -0.313 e. The second kappa shape index (κ2) is 2.98. The van der Waals surface area contributed by atoms with Crippen LogP contribution in [0.1, 0.15) is 6.92 Å². The second-order valence-electron chi connectivity index (χ2n) is 2.19. The Morgan fingerprint density at radius 3 is 2.62 bits per heavy atom. The van der Waals surface area contributed by atoms with E-state index in [4.69, 9.17) is 0 Å². The molecule has 1 heterocycles. The Morgan fingerprint density at radius 2 is 2.25 bits per heavy atom. The van der Waals surface area contributed by atoms with Crippen LogP contribution in [0.25, 0.3) is 0 Å². The van der Waals surface area contributed by atoms with Gasteiger partial charge in [-0.2, -0.15) is 0 Å². The summed E-state index contributed by atoms with van der Waals surface area (Å²) in [5.41, 5.74) is 0. The lowest BCUT2D eigenvalue weighted by atomic mass is 10.3. The van der Waals surface area contributed by atoms with E-state index in [1.807, 2.05) is 0 Å². The maximum absolute atomic E-state index is 3.40. The predicted molar refractivity (Wildman–Crippen MR) is 43.3 cm³/mol. The maximum atomic E-state index is 3.40. The van der Waals surface area contributed by atoms with Crippen LogP contribution >= 0.6 is 22.6 Å². The molecule has 0 unspecified atom stereocenters. The SMILES string of the molecule is C[C@H]1CNC[C@@H](I)N1. The average Bonchev–Trinajstić information content (AvgIpc) is 1.64. The number of halogens is 1. The monoisotopic (exact) mass is 226 g/mol. The standard InChI is InChI=1S/C5H11IN2/c1-4-2-7-3-5(6)8-4/h4-5,7-8H,2-3H2,1H3/t4-,5-/m0/s1. The molecule has 8 heavy (non-hydrogen) atoms. The van der Waals surface area contributed by atoms with E-state index in [0.29, 0.717) is 10.1 Å². The van der Waals surface area contributed by atoms with Gasteiger partial charge in [0.25, 0.3) is 0 Å². The molecule has 1 aliphatic rings. The summed E-state index contributed by atoms with van der Waals surface area (Å²) >= 11 is 2.40. The van der Waals surface area contributed by atoms with Crippen LogP contribution in [-0.2, 0) is 0 Å². The zero-order chi connectivity index (χ0) is 5.98. The fourth-order valence-electron chi connectivity index (χ4n) is 0.853. The van der Waals surface area contributed by atoms with Crippen molar-refractivity contribution in [1.29, 1.82) is 0 Å². The first kappa shape index (κ1) is 6.77. The molecule has 1 aliphatic heterocycles. The molecular weight excluding hydrogens is 215 g/mol. The normalized spacial score (nSPS) is 39.8. The maximum Gasteiger partial charge on any atom is 0.0722 e. The number of rotatable bonds is 0. The zero-order valence-corrected chi connectivity index (χ0v) is 7.10. The van der Waals surface area contributed by atoms with Gasteiger partial charge in [0, 0.05) is 19.1 Å². The Labute approximate surface area is 63.6 Å². The third kappa shape index (κ3) is 1.87. The highest BCUT2D eigenvalue weighted by molar-refractivity contribution is 14.1. The number of nitrogens with one attached hydrogen (secondary N) is 2. The summed E-state index contributed by atoms with van der Waals surface area (Å²) in [7, 11) is 0. The molecule has 3 heteroatoms. The molecule has 2 atom stereocenters. The molecule has 1 rings (SSSR count). The van der Waals surface area contributed by atoms with E-state index >= 15 is 0 Å². The lowest BCUT2D eigenvalue weighted by Gasteiger charge is -2.25. The largest absolute Gasteiger partial charge is 0.313 e. The highest BCUT2D eigenvalue weighted by Gasteiger charge is 2.12. The van der Waals surface area contributed by atoms with Gasteiger partial charge in [0.05, 0.1) is 4.05 Å². The average molecular weight is 226 g/mol. The molecule has 0 aromatic heterocycles. The molecule has 48 valence electrons. The van der Waals surface area contributed by atoms with Gasteiger partial charge in [-0.1, -0.05) is 22.6 Å². The number of alkyl halides is 1. The summed E-state index contributed by atoms with van der Waals surface area (Å²) in [5, 5.41) is 6.72. The molecular formula is C5H11IN2. The topological polar surface area (TPSA) is 24.1 Å². The first-order chi connectivity index (χ1) is 3.79. The van der Waals surface area contributed by atoms with Crippen LogP contribution in [0.2, 0.25) is 0 Å². The molecule has 0 spiro atoms. The lowest BCUT2D eigenvalue weighted by Crippen LogP contribution is -2.50. The van der Waals surface area contributed by atoms with Crippen molar-refractivity contribution in [3.8, 4) is 0 Å². The fraction of sp³-hybridized carbons (Fsp3) is 1.00. The van der Waals surface area contributed by atoms with Gasteiger partial charge in [0.1, 0.15) is 0 Å². The van der Waals surface area contributed by atoms with Crippen molar-refractivity contribution in [3.05, 3.63) is 0 Å². The van der Waals surface area contributed by atoms with Gasteiger partial charge in [0.15, 0.2) is 0 Å². The zero-order valence-electron chi connectivity index (χ0n) is 4.95. The van der Waals surface area contributed by atoms with Crippen LogP contribution < -0.4 is 10.6 Å². The number of piperazine rings is 1. The minimum absolute atomic E-state index is 0.622. The van der Waals surface area contributed by atoms with E-state index in [0.717, 1.165) is 13.1 Å². The molecule has 0 aromatic carbocycles. The summed E-state index contributed by atoms with van der Waals surface area (Å²) in [4.78, 5) is 0. The highest BCUT2D eigenvalue weighted by atomic mass is 127. The van der Waals surface area contributed by atoms with Gasteiger partial charge in [-0.25, -0.2) is 0 Å². The quantitative estimate of drug-likeness (QED) is 0.353. The van der Waals surface area contributed by atoms with Gasteiger partial charge >= 0.3 is 0 Å². The molecule has 2 nitrogen and oxygen atoms in total. The van der Waals surface area contributed by atoms with Crippen molar-refractivity contribution in [2.45, 2.75) is 17.0 Å². The second-order valence-corrected chi connectivity index (χ2v) is 3.70. The summed E-state index contributed by atoms with van der Waals surface area (Å²) in [5.74, 6) is 0. The molecule has 2 N–H and O–H groups in total. The molecule has 0 radical (unpaired) electrons. The van der Waals surface area contributed by atoms with Gasteiger partial charge in [-0.15, -0.1) is 0 Å². The highest BCUT2D eigenvalue weighted by Crippen LogP contribution is 1.99. The predicted octanol–water partition coefficient (Wildman–Crippen LogP) is 0.329. The van der Waals surface area contributed by atoms with Crippen molar-refractivity contribution in [3.63, 3.8) is 0 Å². The summed E-state index contributed by atoms with van der Waals surface area (Å²) in [6.45, 7) is 4.40. The molecule has 0 aliphatic carbocycles. The van der Waals surface area contributed by atoms with Crippen LogP contribution in [0.5, 0.6) is 0 Å². The third-order valence-electron chi connectivity index (χ3n) is 1.24. The summed E-state index contributed by atoms with van der Waals surface area (Å²) in [6, 6.07) is 0.644. The van der Waals surface area contributed by atoms with Crippen LogP contribution in [0.3, 0.4) is 0 Å². The van der Waals surface area contributed by atoms with E-state index in [-0.39, 0.29) is 0 Å². The molecule has 0 amide bonds. The Kier molecular flexibility index (Phi) is 2.52. The Bertz CT molecular complexity index is 68.8. The molecule has 1 saturated heterocycles. The molecule has 1 fully saturated rings. The summed E-state index contributed by atoms with van der Waals surface area (Å²) < 4.78 is 0.622. The van der Waals surface area contributed by atoms with E-state index < -0.39 is 0 Å². The van der Waals surface area contributed by atoms with Gasteiger partial charge in [-0.3, -0.25) is 0 Å². The Balaban J connectivity index is 2.23. The van der Waals surface area contributed by atoms with Crippen LogP contribution in [0, 0.1) is 0 Å². The third-order valence-corrected chi connectivity index (χ3v) is 2.04. The number of hydrogen-bond donors (Lipinski definition) is 2. The van der Waals surface area contributed by atoms with Crippen molar-refractivity contribution in [2.24, 2.45) is 0 Å². The lowest BCUT2D eigenvalue weighted by molar-refractivity contribution is 0.431. The molecule has 0 saturated carbocycles. The molecule has 0 bridgehead atoms.